The van der Waals surface area contributed by atoms with Crippen LogP contribution in [0.15, 0.2) is 15.9 Å². The number of aliphatic hydroxyl groups excluding tert-OH is 1. The third-order valence-corrected chi connectivity index (χ3v) is 4.21. The highest BCUT2D eigenvalue weighted by molar-refractivity contribution is 9.10. The Bertz CT molecular complexity index is 384. The van der Waals surface area contributed by atoms with Crippen LogP contribution in [-0.4, -0.2) is 35.7 Å². The minimum absolute atomic E-state index is 0.0787. The van der Waals surface area contributed by atoms with E-state index in [9.17, 15) is 4.79 Å². The standard InChI is InChI=1S/C12H19BrN2O2S/c1-9(4-3-5-16)14-12(17)15(2)7-11-6-10(13)8-18-11/h6,8-9,16H,3-5,7H2,1-2H3,(H,14,17). The molecule has 0 bridgehead atoms. The Morgan fingerprint density at radius 2 is 2.39 bits per heavy atom. The number of carbonyl (C=O) groups is 1. The second kappa shape index (κ2) is 7.76. The van der Waals surface area contributed by atoms with E-state index in [1.165, 1.54) is 0 Å². The van der Waals surface area contributed by atoms with Crippen LogP contribution < -0.4 is 5.32 Å². The van der Waals surface area contributed by atoms with Crippen LogP contribution in [0.5, 0.6) is 0 Å². The van der Waals surface area contributed by atoms with Crippen molar-refractivity contribution in [2.24, 2.45) is 0 Å². The van der Waals surface area contributed by atoms with Crippen molar-refractivity contribution in [3.8, 4) is 0 Å². The van der Waals surface area contributed by atoms with E-state index in [2.05, 4.69) is 21.2 Å². The van der Waals surface area contributed by atoms with E-state index in [4.69, 9.17) is 5.11 Å². The topological polar surface area (TPSA) is 52.6 Å². The Kier molecular flexibility index (Phi) is 6.67. The number of nitrogens with zero attached hydrogens (tertiary/aromatic N) is 1. The lowest BCUT2D eigenvalue weighted by atomic mass is 10.2. The molecule has 18 heavy (non-hydrogen) atoms. The summed E-state index contributed by atoms with van der Waals surface area (Å²) in [6.45, 7) is 2.72. The molecule has 4 nitrogen and oxygen atoms in total. The molecule has 0 spiro atoms. The Hall–Kier alpha value is -0.590. The van der Waals surface area contributed by atoms with E-state index >= 15 is 0 Å². The van der Waals surface area contributed by atoms with Crippen LogP contribution in [0.1, 0.15) is 24.6 Å². The molecule has 1 atom stereocenters. The maximum absolute atomic E-state index is 11.9. The number of rotatable bonds is 6. The van der Waals surface area contributed by atoms with Crippen LogP contribution in [0.2, 0.25) is 0 Å². The van der Waals surface area contributed by atoms with Gasteiger partial charge in [0, 0.05) is 34.4 Å². The molecule has 0 saturated carbocycles. The predicted octanol–water partition coefficient (Wildman–Crippen LogP) is 2.81. The lowest BCUT2D eigenvalue weighted by molar-refractivity contribution is 0.201. The zero-order valence-corrected chi connectivity index (χ0v) is 13.1. The number of nitrogens with one attached hydrogen (secondary N) is 1. The summed E-state index contributed by atoms with van der Waals surface area (Å²) in [5.74, 6) is 0. The van der Waals surface area contributed by atoms with E-state index in [-0.39, 0.29) is 18.7 Å². The Labute approximate surface area is 120 Å². The lowest BCUT2D eigenvalue weighted by Gasteiger charge is -2.20. The molecule has 0 saturated heterocycles. The van der Waals surface area contributed by atoms with E-state index in [1.54, 1.807) is 23.3 Å². The number of urea groups is 1. The molecular formula is C12H19BrN2O2S. The van der Waals surface area contributed by atoms with Crippen LogP contribution in [0.4, 0.5) is 4.79 Å². The third-order valence-electron chi connectivity index (χ3n) is 2.53. The minimum atomic E-state index is -0.0787. The summed E-state index contributed by atoms with van der Waals surface area (Å²) in [7, 11) is 1.78. The van der Waals surface area contributed by atoms with E-state index < -0.39 is 0 Å². The van der Waals surface area contributed by atoms with Crippen molar-refractivity contribution in [3.63, 3.8) is 0 Å². The highest BCUT2D eigenvalue weighted by atomic mass is 79.9. The number of hydrogen-bond acceptors (Lipinski definition) is 3. The van der Waals surface area contributed by atoms with Gasteiger partial charge in [-0.1, -0.05) is 0 Å². The van der Waals surface area contributed by atoms with Gasteiger partial charge < -0.3 is 15.3 Å². The molecule has 0 aliphatic rings. The number of hydrogen-bond donors (Lipinski definition) is 2. The van der Waals surface area contributed by atoms with Crippen LogP contribution in [0.3, 0.4) is 0 Å². The van der Waals surface area contributed by atoms with E-state index in [0.29, 0.717) is 13.0 Å². The average Bonchev–Trinajstić information content (AvgIpc) is 2.72. The molecule has 1 rings (SSSR count). The second-order valence-corrected chi connectivity index (χ2v) is 6.22. The van der Waals surface area contributed by atoms with Gasteiger partial charge in [0.15, 0.2) is 0 Å². The van der Waals surface area contributed by atoms with Crippen molar-refractivity contribution in [2.75, 3.05) is 13.7 Å². The van der Waals surface area contributed by atoms with Crippen molar-refractivity contribution in [3.05, 3.63) is 20.8 Å². The summed E-state index contributed by atoms with van der Waals surface area (Å²) in [6.07, 6.45) is 1.50. The number of amides is 2. The number of thiophene rings is 1. The third kappa shape index (κ3) is 5.37. The van der Waals surface area contributed by atoms with Gasteiger partial charge in [0.2, 0.25) is 0 Å². The van der Waals surface area contributed by atoms with Crippen molar-refractivity contribution < 1.29 is 9.90 Å². The van der Waals surface area contributed by atoms with Gasteiger partial charge in [0.25, 0.3) is 0 Å². The molecule has 1 aromatic heterocycles. The zero-order valence-electron chi connectivity index (χ0n) is 10.6. The van der Waals surface area contributed by atoms with Crippen molar-refractivity contribution in [1.82, 2.24) is 10.2 Å². The molecule has 1 unspecified atom stereocenters. The first-order chi connectivity index (χ1) is 8.52. The van der Waals surface area contributed by atoms with Gasteiger partial charge in [0.1, 0.15) is 0 Å². The maximum Gasteiger partial charge on any atom is 0.317 e. The molecule has 2 amide bonds. The van der Waals surface area contributed by atoms with Gasteiger partial charge in [-0.15, -0.1) is 11.3 Å². The van der Waals surface area contributed by atoms with Gasteiger partial charge in [-0.05, 0) is 41.8 Å². The predicted molar refractivity (Wildman–Crippen MR) is 77.8 cm³/mol. The van der Waals surface area contributed by atoms with Gasteiger partial charge >= 0.3 is 6.03 Å². The quantitative estimate of drug-likeness (QED) is 0.840. The minimum Gasteiger partial charge on any atom is -0.396 e. The Morgan fingerprint density at radius 3 is 2.94 bits per heavy atom. The van der Waals surface area contributed by atoms with Crippen molar-refractivity contribution in [1.29, 1.82) is 0 Å². The summed E-state index contributed by atoms with van der Waals surface area (Å²) in [4.78, 5) is 14.7. The Balaban J connectivity index is 2.36. The number of aliphatic hydroxyl groups is 1. The molecular weight excluding hydrogens is 316 g/mol. The average molecular weight is 335 g/mol. The molecule has 6 heteroatoms. The zero-order chi connectivity index (χ0) is 13.5. The molecule has 0 radical (unpaired) electrons. The normalized spacial score (nSPS) is 12.2. The summed E-state index contributed by atoms with van der Waals surface area (Å²) < 4.78 is 1.05. The van der Waals surface area contributed by atoms with Crippen LogP contribution in [0.25, 0.3) is 0 Å². The maximum atomic E-state index is 11.9. The van der Waals surface area contributed by atoms with Gasteiger partial charge in [-0.2, -0.15) is 0 Å². The SMILES string of the molecule is CC(CCCO)NC(=O)N(C)Cc1cc(Br)cs1. The molecule has 0 fully saturated rings. The molecule has 0 aliphatic heterocycles. The summed E-state index contributed by atoms with van der Waals surface area (Å²) in [5.41, 5.74) is 0. The highest BCUT2D eigenvalue weighted by Gasteiger charge is 2.12. The molecule has 2 N–H and O–H groups in total. The molecule has 0 aromatic carbocycles. The number of carbonyl (C=O) groups excluding carboxylic acids is 1. The first kappa shape index (κ1) is 15.5. The second-order valence-electron chi connectivity index (χ2n) is 4.30. The van der Waals surface area contributed by atoms with Crippen LogP contribution in [0, 0.1) is 0 Å². The summed E-state index contributed by atoms with van der Waals surface area (Å²) in [5, 5.41) is 13.6. The molecule has 1 aromatic rings. The fraction of sp³-hybridized carbons (Fsp3) is 0.583. The lowest BCUT2D eigenvalue weighted by Crippen LogP contribution is -2.41. The van der Waals surface area contributed by atoms with Crippen molar-refractivity contribution in [2.45, 2.75) is 32.4 Å². The fourth-order valence-electron chi connectivity index (χ4n) is 1.53. The fourth-order valence-corrected chi connectivity index (χ4v) is 3.04. The van der Waals surface area contributed by atoms with Gasteiger partial charge in [0.05, 0.1) is 6.54 Å². The van der Waals surface area contributed by atoms with Crippen LogP contribution >= 0.6 is 27.3 Å². The van der Waals surface area contributed by atoms with Crippen molar-refractivity contribution >= 4 is 33.3 Å². The van der Waals surface area contributed by atoms with Gasteiger partial charge in [-0.25, -0.2) is 4.79 Å². The molecule has 1 heterocycles. The highest BCUT2D eigenvalue weighted by Crippen LogP contribution is 2.20. The molecule has 102 valence electrons. The van der Waals surface area contributed by atoms with Crippen LogP contribution in [-0.2, 0) is 6.54 Å². The smallest absolute Gasteiger partial charge is 0.317 e. The molecule has 0 aliphatic carbocycles. The number of halogens is 1. The van der Waals surface area contributed by atoms with E-state index in [0.717, 1.165) is 15.8 Å². The summed E-state index contributed by atoms with van der Waals surface area (Å²) in [6, 6.07) is 2.02. The van der Waals surface area contributed by atoms with Gasteiger partial charge in [-0.3, -0.25) is 0 Å². The monoisotopic (exact) mass is 334 g/mol. The first-order valence-electron chi connectivity index (χ1n) is 5.88. The Morgan fingerprint density at radius 1 is 1.67 bits per heavy atom. The largest absolute Gasteiger partial charge is 0.396 e. The van der Waals surface area contributed by atoms with E-state index in [1.807, 2.05) is 18.4 Å². The summed E-state index contributed by atoms with van der Waals surface area (Å²) >= 11 is 5.02. The first-order valence-corrected chi connectivity index (χ1v) is 7.55.